The first-order valence-electron chi connectivity index (χ1n) is 7.78. The molecular formula is C19H19FN2O. The monoisotopic (exact) mass is 310 g/mol. The molecule has 3 rings (SSSR count). The van der Waals surface area contributed by atoms with E-state index in [0.717, 1.165) is 16.6 Å². The molecule has 0 bridgehead atoms. The van der Waals surface area contributed by atoms with Crippen molar-refractivity contribution in [1.29, 1.82) is 0 Å². The molecule has 0 saturated heterocycles. The highest BCUT2D eigenvalue weighted by Gasteiger charge is 2.06. The molecule has 1 amide bonds. The van der Waals surface area contributed by atoms with Gasteiger partial charge in [0.2, 0.25) is 5.91 Å². The third-order valence-corrected chi connectivity index (χ3v) is 3.95. The van der Waals surface area contributed by atoms with Crippen molar-refractivity contribution in [2.24, 2.45) is 0 Å². The van der Waals surface area contributed by atoms with E-state index in [4.69, 9.17) is 0 Å². The van der Waals surface area contributed by atoms with Crippen molar-refractivity contribution in [2.45, 2.75) is 19.3 Å². The SMILES string of the molecule is O=C(CCc1c[nH]c2ccccc12)NCCc1ccc(F)cc1. The summed E-state index contributed by atoms with van der Waals surface area (Å²) in [7, 11) is 0. The number of halogens is 1. The van der Waals surface area contributed by atoms with Crippen molar-refractivity contribution in [3.05, 3.63) is 71.7 Å². The number of carbonyl (C=O) groups is 1. The number of H-pyrrole nitrogens is 1. The van der Waals surface area contributed by atoms with Gasteiger partial charge < -0.3 is 10.3 Å². The summed E-state index contributed by atoms with van der Waals surface area (Å²) in [6.07, 6.45) is 3.85. The lowest BCUT2D eigenvalue weighted by molar-refractivity contribution is -0.121. The quantitative estimate of drug-likeness (QED) is 0.718. The van der Waals surface area contributed by atoms with Gasteiger partial charge in [-0.05, 0) is 42.2 Å². The molecule has 2 aromatic carbocycles. The van der Waals surface area contributed by atoms with E-state index in [0.29, 0.717) is 25.8 Å². The Hall–Kier alpha value is -2.62. The summed E-state index contributed by atoms with van der Waals surface area (Å²) < 4.78 is 12.8. The summed E-state index contributed by atoms with van der Waals surface area (Å²) in [5.41, 5.74) is 3.27. The molecule has 0 aliphatic rings. The van der Waals surface area contributed by atoms with Crippen LogP contribution in [-0.4, -0.2) is 17.4 Å². The number of benzene rings is 2. The fraction of sp³-hybridized carbons (Fsp3) is 0.211. The van der Waals surface area contributed by atoms with Crippen LogP contribution < -0.4 is 5.32 Å². The van der Waals surface area contributed by atoms with Gasteiger partial charge in [0.05, 0.1) is 0 Å². The molecule has 0 radical (unpaired) electrons. The van der Waals surface area contributed by atoms with E-state index in [9.17, 15) is 9.18 Å². The van der Waals surface area contributed by atoms with Gasteiger partial charge in [-0.3, -0.25) is 4.79 Å². The summed E-state index contributed by atoms with van der Waals surface area (Å²) in [6.45, 7) is 0.568. The lowest BCUT2D eigenvalue weighted by Gasteiger charge is -2.05. The Bertz CT molecular complexity index is 792. The van der Waals surface area contributed by atoms with E-state index in [1.165, 1.54) is 17.5 Å². The molecule has 0 atom stereocenters. The predicted octanol–water partition coefficient (Wildman–Crippen LogP) is 3.60. The standard InChI is InChI=1S/C19H19FN2O/c20-16-8-5-14(6-9-16)11-12-21-19(23)10-7-15-13-22-18-4-2-1-3-17(15)18/h1-6,8-9,13,22H,7,10-12H2,(H,21,23). The zero-order valence-electron chi connectivity index (χ0n) is 12.8. The van der Waals surface area contributed by atoms with Gasteiger partial charge in [-0.1, -0.05) is 30.3 Å². The highest BCUT2D eigenvalue weighted by atomic mass is 19.1. The minimum atomic E-state index is -0.239. The number of amides is 1. The number of rotatable bonds is 6. The fourth-order valence-electron chi connectivity index (χ4n) is 2.67. The van der Waals surface area contributed by atoms with Crippen molar-refractivity contribution >= 4 is 16.8 Å². The Kier molecular flexibility index (Phi) is 4.71. The first-order valence-corrected chi connectivity index (χ1v) is 7.78. The second kappa shape index (κ2) is 7.09. The maximum Gasteiger partial charge on any atom is 0.220 e. The number of fused-ring (bicyclic) bond motifs is 1. The molecule has 0 saturated carbocycles. The van der Waals surface area contributed by atoms with Gasteiger partial charge >= 0.3 is 0 Å². The van der Waals surface area contributed by atoms with Gasteiger partial charge in [0.1, 0.15) is 5.82 Å². The molecule has 118 valence electrons. The second-order valence-corrected chi connectivity index (χ2v) is 5.59. The molecule has 0 aliphatic carbocycles. The summed E-state index contributed by atoms with van der Waals surface area (Å²) >= 11 is 0. The first-order chi connectivity index (χ1) is 11.2. The number of carbonyl (C=O) groups excluding carboxylic acids is 1. The Morgan fingerprint density at radius 1 is 1.04 bits per heavy atom. The average Bonchev–Trinajstić information content (AvgIpc) is 2.98. The minimum Gasteiger partial charge on any atom is -0.361 e. The highest BCUT2D eigenvalue weighted by Crippen LogP contribution is 2.18. The lowest BCUT2D eigenvalue weighted by atomic mass is 10.1. The topological polar surface area (TPSA) is 44.9 Å². The molecule has 3 aromatic rings. The van der Waals surface area contributed by atoms with Gasteiger partial charge in [0.15, 0.2) is 0 Å². The van der Waals surface area contributed by atoms with Crippen molar-refractivity contribution in [3.8, 4) is 0 Å². The van der Waals surface area contributed by atoms with E-state index in [-0.39, 0.29) is 11.7 Å². The molecular weight excluding hydrogens is 291 g/mol. The predicted molar refractivity (Wildman–Crippen MR) is 89.7 cm³/mol. The molecule has 1 aromatic heterocycles. The van der Waals surface area contributed by atoms with Gasteiger partial charge in [-0.15, -0.1) is 0 Å². The third kappa shape index (κ3) is 3.97. The maximum absolute atomic E-state index is 12.8. The van der Waals surface area contributed by atoms with Crippen LogP contribution in [0.1, 0.15) is 17.5 Å². The van der Waals surface area contributed by atoms with Gasteiger partial charge in [-0.25, -0.2) is 4.39 Å². The number of aromatic nitrogens is 1. The molecule has 0 fully saturated rings. The van der Waals surface area contributed by atoms with E-state index in [1.54, 1.807) is 12.1 Å². The zero-order valence-corrected chi connectivity index (χ0v) is 12.8. The van der Waals surface area contributed by atoms with Crippen molar-refractivity contribution in [3.63, 3.8) is 0 Å². The van der Waals surface area contributed by atoms with E-state index in [1.807, 2.05) is 24.4 Å². The number of aryl methyl sites for hydroxylation is 1. The van der Waals surface area contributed by atoms with Gasteiger partial charge in [0, 0.05) is 30.1 Å². The molecule has 0 aliphatic heterocycles. The maximum atomic E-state index is 12.8. The Morgan fingerprint density at radius 3 is 2.65 bits per heavy atom. The van der Waals surface area contributed by atoms with Crippen LogP contribution in [-0.2, 0) is 17.6 Å². The summed E-state index contributed by atoms with van der Waals surface area (Å²) in [6, 6.07) is 14.5. The second-order valence-electron chi connectivity index (χ2n) is 5.59. The fourth-order valence-corrected chi connectivity index (χ4v) is 2.67. The summed E-state index contributed by atoms with van der Waals surface area (Å²) in [5, 5.41) is 4.09. The van der Waals surface area contributed by atoms with E-state index in [2.05, 4.69) is 16.4 Å². The van der Waals surface area contributed by atoms with Crippen LogP contribution in [0.2, 0.25) is 0 Å². The average molecular weight is 310 g/mol. The van der Waals surface area contributed by atoms with Crippen molar-refractivity contribution in [2.75, 3.05) is 6.54 Å². The van der Waals surface area contributed by atoms with Crippen LogP contribution in [0.5, 0.6) is 0 Å². The molecule has 2 N–H and O–H groups in total. The molecule has 0 spiro atoms. The summed E-state index contributed by atoms with van der Waals surface area (Å²) in [4.78, 5) is 15.2. The minimum absolute atomic E-state index is 0.0393. The van der Waals surface area contributed by atoms with Crippen LogP contribution in [0.25, 0.3) is 10.9 Å². The van der Waals surface area contributed by atoms with E-state index >= 15 is 0 Å². The number of hydrogen-bond donors (Lipinski definition) is 2. The number of nitrogens with one attached hydrogen (secondary N) is 2. The molecule has 3 nitrogen and oxygen atoms in total. The number of para-hydroxylation sites is 1. The Balaban J connectivity index is 1.45. The first kappa shape index (κ1) is 15.3. The Morgan fingerprint density at radius 2 is 1.83 bits per heavy atom. The molecule has 4 heteroatoms. The van der Waals surface area contributed by atoms with Crippen molar-refractivity contribution < 1.29 is 9.18 Å². The van der Waals surface area contributed by atoms with E-state index < -0.39 is 0 Å². The van der Waals surface area contributed by atoms with Crippen LogP contribution in [0.15, 0.2) is 54.7 Å². The van der Waals surface area contributed by atoms with Crippen molar-refractivity contribution in [1.82, 2.24) is 10.3 Å². The molecule has 23 heavy (non-hydrogen) atoms. The smallest absolute Gasteiger partial charge is 0.220 e. The molecule has 1 heterocycles. The van der Waals surface area contributed by atoms with Gasteiger partial charge in [-0.2, -0.15) is 0 Å². The van der Waals surface area contributed by atoms with Crippen LogP contribution in [0.3, 0.4) is 0 Å². The Labute approximate surface area is 134 Å². The number of hydrogen-bond acceptors (Lipinski definition) is 1. The number of aromatic amines is 1. The van der Waals surface area contributed by atoms with Crippen LogP contribution in [0.4, 0.5) is 4.39 Å². The van der Waals surface area contributed by atoms with Gasteiger partial charge in [0.25, 0.3) is 0 Å². The van der Waals surface area contributed by atoms with Crippen LogP contribution >= 0.6 is 0 Å². The largest absolute Gasteiger partial charge is 0.361 e. The normalized spacial score (nSPS) is 10.8. The highest BCUT2D eigenvalue weighted by molar-refractivity contribution is 5.84. The lowest BCUT2D eigenvalue weighted by Crippen LogP contribution is -2.25. The van der Waals surface area contributed by atoms with Crippen LogP contribution in [0, 0.1) is 5.82 Å². The third-order valence-electron chi connectivity index (χ3n) is 3.95. The molecule has 0 unspecified atom stereocenters. The summed E-state index contributed by atoms with van der Waals surface area (Å²) in [5.74, 6) is -0.200. The zero-order chi connectivity index (χ0) is 16.1.